The van der Waals surface area contributed by atoms with Crippen LogP contribution in [0.5, 0.6) is 0 Å². The summed E-state index contributed by atoms with van der Waals surface area (Å²) in [6, 6.07) is 15.2. The highest BCUT2D eigenvalue weighted by Gasteiger charge is 2.06. The zero-order valence-electron chi connectivity index (χ0n) is 11.7. The molecule has 2 aromatic carbocycles. The topological polar surface area (TPSA) is 34.1 Å². The van der Waals surface area contributed by atoms with E-state index in [4.69, 9.17) is 11.6 Å². The minimum atomic E-state index is 0.128. The van der Waals surface area contributed by atoms with E-state index in [9.17, 15) is 9.59 Å². The predicted molar refractivity (Wildman–Crippen MR) is 85.8 cm³/mol. The Hall–Kier alpha value is -1.93. The lowest BCUT2D eigenvalue weighted by atomic mass is 10.0. The van der Waals surface area contributed by atoms with Gasteiger partial charge in [0.1, 0.15) is 6.29 Å². The highest BCUT2D eigenvalue weighted by molar-refractivity contribution is 6.30. The molecule has 0 heterocycles. The summed E-state index contributed by atoms with van der Waals surface area (Å²) in [6.45, 7) is 0. The summed E-state index contributed by atoms with van der Waals surface area (Å²) in [7, 11) is 0. The van der Waals surface area contributed by atoms with Crippen LogP contribution < -0.4 is 0 Å². The lowest BCUT2D eigenvalue weighted by Gasteiger charge is -2.04. The Kier molecular flexibility index (Phi) is 5.70. The van der Waals surface area contributed by atoms with Gasteiger partial charge in [0.25, 0.3) is 0 Å². The van der Waals surface area contributed by atoms with Gasteiger partial charge in [-0.2, -0.15) is 0 Å². The van der Waals surface area contributed by atoms with Gasteiger partial charge >= 0.3 is 0 Å². The maximum absolute atomic E-state index is 12.0. The second-order valence-corrected chi connectivity index (χ2v) is 5.36. The summed E-state index contributed by atoms with van der Waals surface area (Å²) >= 11 is 5.87. The van der Waals surface area contributed by atoms with Crippen LogP contribution in [0.2, 0.25) is 5.02 Å². The number of halogens is 1. The molecule has 0 saturated heterocycles. The van der Waals surface area contributed by atoms with Crippen LogP contribution in [0.25, 0.3) is 11.1 Å². The number of unbranched alkanes of at least 4 members (excludes halogenated alkanes) is 2. The average Bonchev–Trinajstić information content (AvgIpc) is 2.52. The number of hydrogen-bond donors (Lipinski definition) is 0. The van der Waals surface area contributed by atoms with Crippen LogP contribution in [0.15, 0.2) is 48.5 Å². The van der Waals surface area contributed by atoms with Crippen LogP contribution in [0, 0.1) is 0 Å². The van der Waals surface area contributed by atoms with E-state index in [1.54, 1.807) is 0 Å². The molecule has 2 aromatic rings. The van der Waals surface area contributed by atoms with Gasteiger partial charge in [0.2, 0.25) is 0 Å². The van der Waals surface area contributed by atoms with Gasteiger partial charge < -0.3 is 4.79 Å². The Balaban J connectivity index is 1.99. The van der Waals surface area contributed by atoms with Crippen molar-refractivity contribution in [2.45, 2.75) is 25.7 Å². The predicted octanol–water partition coefficient (Wildman–Crippen LogP) is 4.95. The van der Waals surface area contributed by atoms with E-state index in [0.717, 1.165) is 35.8 Å². The Morgan fingerprint density at radius 1 is 0.905 bits per heavy atom. The first-order chi connectivity index (χ1) is 10.2. The second-order valence-electron chi connectivity index (χ2n) is 4.92. The first-order valence-electron chi connectivity index (χ1n) is 7.03. The molecule has 0 N–H and O–H groups in total. The van der Waals surface area contributed by atoms with Crippen LogP contribution in [0.1, 0.15) is 36.0 Å². The lowest BCUT2D eigenvalue weighted by Crippen LogP contribution is -1.98. The molecule has 0 spiro atoms. The SMILES string of the molecule is O=CCCCCC(=O)c1ccc(-c2ccc(Cl)cc2)cc1. The Morgan fingerprint density at radius 2 is 1.48 bits per heavy atom. The van der Waals surface area contributed by atoms with Crippen molar-refractivity contribution < 1.29 is 9.59 Å². The molecule has 2 rings (SSSR count). The molecule has 3 heteroatoms. The summed E-state index contributed by atoms with van der Waals surface area (Å²) in [4.78, 5) is 22.2. The Bertz CT molecular complexity index is 600. The number of ketones is 1. The summed E-state index contributed by atoms with van der Waals surface area (Å²) in [5, 5.41) is 0.709. The number of rotatable bonds is 7. The standard InChI is InChI=1S/C18H17ClO2/c19-17-11-9-15(10-12-17)14-5-7-16(8-6-14)18(21)4-2-1-3-13-20/h5-13H,1-4H2. The molecule has 0 fully saturated rings. The van der Waals surface area contributed by atoms with Crippen molar-refractivity contribution in [1.82, 2.24) is 0 Å². The van der Waals surface area contributed by atoms with Crippen molar-refractivity contribution in [3.63, 3.8) is 0 Å². The van der Waals surface area contributed by atoms with Crippen molar-refractivity contribution in [1.29, 1.82) is 0 Å². The van der Waals surface area contributed by atoms with Gasteiger partial charge in [-0.15, -0.1) is 0 Å². The van der Waals surface area contributed by atoms with E-state index in [2.05, 4.69) is 0 Å². The molecular formula is C18H17ClO2. The summed E-state index contributed by atoms with van der Waals surface area (Å²) in [6.07, 6.45) is 3.46. The Labute approximate surface area is 129 Å². The molecular weight excluding hydrogens is 284 g/mol. The molecule has 108 valence electrons. The minimum Gasteiger partial charge on any atom is -0.303 e. The molecule has 0 aliphatic rings. The Morgan fingerprint density at radius 3 is 2.05 bits per heavy atom. The number of aldehydes is 1. The molecule has 0 atom stereocenters. The van der Waals surface area contributed by atoms with E-state index in [1.165, 1.54) is 0 Å². The summed E-state index contributed by atoms with van der Waals surface area (Å²) in [5.41, 5.74) is 2.85. The maximum atomic E-state index is 12.0. The number of benzene rings is 2. The van der Waals surface area contributed by atoms with E-state index in [1.807, 2.05) is 48.5 Å². The summed E-state index contributed by atoms with van der Waals surface area (Å²) in [5.74, 6) is 0.128. The number of hydrogen-bond acceptors (Lipinski definition) is 2. The zero-order valence-corrected chi connectivity index (χ0v) is 12.5. The van der Waals surface area contributed by atoms with Crippen molar-refractivity contribution in [2.24, 2.45) is 0 Å². The van der Waals surface area contributed by atoms with Gasteiger partial charge in [-0.3, -0.25) is 4.79 Å². The molecule has 0 unspecified atom stereocenters. The van der Waals surface area contributed by atoms with Gasteiger partial charge in [0.15, 0.2) is 5.78 Å². The third-order valence-electron chi connectivity index (χ3n) is 3.36. The van der Waals surface area contributed by atoms with Gasteiger partial charge in [-0.1, -0.05) is 48.0 Å². The highest BCUT2D eigenvalue weighted by Crippen LogP contribution is 2.22. The average molecular weight is 301 g/mol. The molecule has 0 amide bonds. The highest BCUT2D eigenvalue weighted by atomic mass is 35.5. The second kappa shape index (κ2) is 7.75. The van der Waals surface area contributed by atoms with Crippen LogP contribution in [0.4, 0.5) is 0 Å². The zero-order chi connectivity index (χ0) is 15.1. The first-order valence-corrected chi connectivity index (χ1v) is 7.41. The quantitative estimate of drug-likeness (QED) is 0.412. The van der Waals surface area contributed by atoms with E-state index >= 15 is 0 Å². The molecule has 0 saturated carbocycles. The first kappa shape index (κ1) is 15.5. The van der Waals surface area contributed by atoms with Crippen LogP contribution in [-0.4, -0.2) is 12.1 Å². The smallest absolute Gasteiger partial charge is 0.162 e. The number of Topliss-reactive ketones (excluding diaryl/α,β-unsaturated/α-hetero) is 1. The van der Waals surface area contributed by atoms with Crippen LogP contribution in [-0.2, 0) is 4.79 Å². The van der Waals surface area contributed by atoms with E-state index < -0.39 is 0 Å². The lowest BCUT2D eigenvalue weighted by molar-refractivity contribution is -0.107. The van der Waals surface area contributed by atoms with E-state index in [-0.39, 0.29) is 5.78 Å². The monoisotopic (exact) mass is 300 g/mol. The molecule has 0 aliphatic heterocycles. The molecule has 0 aliphatic carbocycles. The molecule has 0 bridgehead atoms. The molecule has 0 aromatic heterocycles. The van der Waals surface area contributed by atoms with Crippen molar-refractivity contribution >= 4 is 23.7 Å². The van der Waals surface area contributed by atoms with Crippen molar-refractivity contribution in [2.75, 3.05) is 0 Å². The van der Waals surface area contributed by atoms with Gasteiger partial charge in [0.05, 0.1) is 0 Å². The third-order valence-corrected chi connectivity index (χ3v) is 3.61. The van der Waals surface area contributed by atoms with E-state index in [0.29, 0.717) is 17.9 Å². The van der Waals surface area contributed by atoms with Crippen LogP contribution >= 0.6 is 11.6 Å². The van der Waals surface area contributed by atoms with Crippen LogP contribution in [0.3, 0.4) is 0 Å². The van der Waals surface area contributed by atoms with Gasteiger partial charge in [0, 0.05) is 23.4 Å². The number of carbonyl (C=O) groups is 2. The number of carbonyl (C=O) groups excluding carboxylic acids is 2. The fourth-order valence-corrected chi connectivity index (χ4v) is 2.27. The fraction of sp³-hybridized carbons (Fsp3) is 0.222. The fourth-order valence-electron chi connectivity index (χ4n) is 2.15. The minimum absolute atomic E-state index is 0.128. The normalized spacial score (nSPS) is 10.3. The summed E-state index contributed by atoms with van der Waals surface area (Å²) < 4.78 is 0. The van der Waals surface area contributed by atoms with Crippen molar-refractivity contribution in [3.05, 3.63) is 59.1 Å². The maximum Gasteiger partial charge on any atom is 0.162 e. The third kappa shape index (κ3) is 4.54. The largest absolute Gasteiger partial charge is 0.303 e. The molecule has 2 nitrogen and oxygen atoms in total. The van der Waals surface area contributed by atoms with Crippen molar-refractivity contribution in [3.8, 4) is 11.1 Å². The molecule has 0 radical (unpaired) electrons. The van der Waals surface area contributed by atoms with Gasteiger partial charge in [-0.25, -0.2) is 0 Å². The van der Waals surface area contributed by atoms with Gasteiger partial charge in [-0.05, 0) is 36.1 Å². The molecule has 21 heavy (non-hydrogen) atoms.